The average molecular weight is 334 g/mol. The zero-order chi connectivity index (χ0) is 14.7. The first-order valence-electron chi connectivity index (χ1n) is 6.27. The van der Waals surface area contributed by atoms with Gasteiger partial charge in [-0.1, -0.05) is 29.8 Å². The van der Waals surface area contributed by atoms with E-state index < -0.39 is 5.97 Å². The Labute approximate surface area is 127 Å². The van der Waals surface area contributed by atoms with E-state index >= 15 is 0 Å². The van der Waals surface area contributed by atoms with Gasteiger partial charge in [-0.25, -0.2) is 4.79 Å². The van der Waals surface area contributed by atoms with Crippen molar-refractivity contribution in [2.75, 3.05) is 11.9 Å². The normalized spacial score (nSPS) is 10.3. The van der Waals surface area contributed by atoms with E-state index in [1.165, 1.54) is 11.1 Å². The molecule has 4 heteroatoms. The quantitative estimate of drug-likeness (QED) is 0.915. The summed E-state index contributed by atoms with van der Waals surface area (Å²) in [6.07, 6.45) is 0. The smallest absolute Gasteiger partial charge is 0.335 e. The van der Waals surface area contributed by atoms with Crippen molar-refractivity contribution in [1.82, 2.24) is 0 Å². The number of carboxylic acid groups (broad SMARTS) is 1. The molecule has 2 aromatic rings. The Morgan fingerprint density at radius 3 is 2.40 bits per heavy atom. The monoisotopic (exact) mass is 333 g/mol. The molecule has 0 amide bonds. The lowest BCUT2D eigenvalue weighted by atomic mass is 10.1. The minimum Gasteiger partial charge on any atom is -0.478 e. The van der Waals surface area contributed by atoms with Crippen molar-refractivity contribution < 1.29 is 9.90 Å². The van der Waals surface area contributed by atoms with E-state index in [1.807, 2.05) is 13.1 Å². The predicted molar refractivity (Wildman–Crippen MR) is 84.4 cm³/mol. The summed E-state index contributed by atoms with van der Waals surface area (Å²) in [5, 5.41) is 8.97. The highest BCUT2D eigenvalue weighted by molar-refractivity contribution is 9.10. The number of nitrogens with zero attached hydrogens (tertiary/aromatic N) is 1. The molecule has 0 atom stereocenters. The number of carboxylic acids is 1. The van der Waals surface area contributed by atoms with Crippen LogP contribution >= 0.6 is 15.9 Å². The Morgan fingerprint density at radius 2 is 1.85 bits per heavy atom. The number of rotatable bonds is 4. The highest BCUT2D eigenvalue weighted by Crippen LogP contribution is 2.27. The van der Waals surface area contributed by atoms with Crippen molar-refractivity contribution in [2.45, 2.75) is 13.5 Å². The van der Waals surface area contributed by atoms with E-state index in [0.29, 0.717) is 0 Å². The summed E-state index contributed by atoms with van der Waals surface area (Å²) in [5.74, 6) is -0.918. The molecule has 0 aromatic heterocycles. The highest BCUT2D eigenvalue weighted by Gasteiger charge is 2.10. The summed E-state index contributed by atoms with van der Waals surface area (Å²) < 4.78 is 0.784. The predicted octanol–water partition coefficient (Wildman–Crippen LogP) is 4.09. The molecule has 0 aliphatic heterocycles. The minimum absolute atomic E-state index is 0.282. The maximum absolute atomic E-state index is 10.9. The topological polar surface area (TPSA) is 40.5 Å². The van der Waals surface area contributed by atoms with Gasteiger partial charge in [0, 0.05) is 18.1 Å². The zero-order valence-electron chi connectivity index (χ0n) is 11.4. The van der Waals surface area contributed by atoms with Crippen LogP contribution in [0, 0.1) is 6.92 Å². The summed E-state index contributed by atoms with van der Waals surface area (Å²) in [4.78, 5) is 13.0. The third-order valence-corrected chi connectivity index (χ3v) is 3.78. The van der Waals surface area contributed by atoms with Crippen molar-refractivity contribution in [2.24, 2.45) is 0 Å². The average Bonchev–Trinajstić information content (AvgIpc) is 2.41. The van der Waals surface area contributed by atoms with Gasteiger partial charge in [-0.2, -0.15) is 0 Å². The molecule has 0 bridgehead atoms. The van der Waals surface area contributed by atoms with Gasteiger partial charge >= 0.3 is 5.97 Å². The van der Waals surface area contributed by atoms with Gasteiger partial charge in [0.25, 0.3) is 0 Å². The fourth-order valence-electron chi connectivity index (χ4n) is 2.00. The van der Waals surface area contributed by atoms with Gasteiger partial charge in [0.1, 0.15) is 0 Å². The number of aromatic carboxylic acids is 1. The lowest BCUT2D eigenvalue weighted by molar-refractivity contribution is 0.0697. The van der Waals surface area contributed by atoms with Crippen LogP contribution < -0.4 is 4.90 Å². The van der Waals surface area contributed by atoms with E-state index in [9.17, 15) is 4.79 Å². The highest BCUT2D eigenvalue weighted by atomic mass is 79.9. The Kier molecular flexibility index (Phi) is 4.45. The number of anilines is 1. The molecule has 0 aliphatic carbocycles. The molecule has 2 aromatic carbocycles. The van der Waals surface area contributed by atoms with E-state index in [2.05, 4.69) is 52.0 Å². The number of carbonyl (C=O) groups is 1. The van der Waals surface area contributed by atoms with Crippen LogP contribution in [0.3, 0.4) is 0 Å². The summed E-state index contributed by atoms with van der Waals surface area (Å²) in [5.41, 5.74) is 3.70. The molecule has 0 saturated heterocycles. The van der Waals surface area contributed by atoms with Crippen LogP contribution in [0.5, 0.6) is 0 Å². The Bertz CT molecular complexity index is 623. The standard InChI is InChI=1S/C16H16BrNO2/c1-11-3-5-12(6-4-11)10-18(2)15-8-7-13(16(19)20)9-14(15)17/h3-9H,10H2,1-2H3,(H,19,20). The third kappa shape index (κ3) is 3.39. The van der Waals surface area contributed by atoms with Crippen molar-refractivity contribution in [1.29, 1.82) is 0 Å². The number of benzene rings is 2. The molecule has 3 nitrogen and oxygen atoms in total. The van der Waals surface area contributed by atoms with Crippen LogP contribution in [0.25, 0.3) is 0 Å². The van der Waals surface area contributed by atoms with E-state index in [4.69, 9.17) is 5.11 Å². The van der Waals surface area contributed by atoms with E-state index in [0.717, 1.165) is 16.7 Å². The zero-order valence-corrected chi connectivity index (χ0v) is 13.0. The van der Waals surface area contributed by atoms with Crippen molar-refractivity contribution in [3.8, 4) is 0 Å². The van der Waals surface area contributed by atoms with Gasteiger partial charge < -0.3 is 10.0 Å². The van der Waals surface area contributed by atoms with Gasteiger partial charge in [-0.3, -0.25) is 0 Å². The first-order valence-corrected chi connectivity index (χ1v) is 7.06. The van der Waals surface area contributed by atoms with Gasteiger partial charge in [-0.15, -0.1) is 0 Å². The van der Waals surface area contributed by atoms with Gasteiger partial charge in [0.15, 0.2) is 0 Å². The second kappa shape index (κ2) is 6.09. The molecular formula is C16H16BrNO2. The molecule has 0 unspecified atom stereocenters. The molecule has 0 aliphatic rings. The molecular weight excluding hydrogens is 318 g/mol. The largest absolute Gasteiger partial charge is 0.478 e. The summed E-state index contributed by atoms with van der Waals surface area (Å²) in [6, 6.07) is 13.5. The fourth-order valence-corrected chi connectivity index (χ4v) is 2.68. The molecule has 0 saturated carbocycles. The maximum Gasteiger partial charge on any atom is 0.335 e. The van der Waals surface area contributed by atoms with E-state index in [1.54, 1.807) is 12.1 Å². The van der Waals surface area contributed by atoms with Gasteiger partial charge in [-0.05, 0) is 46.6 Å². The Balaban J connectivity index is 2.18. The van der Waals surface area contributed by atoms with Crippen LogP contribution in [0.2, 0.25) is 0 Å². The van der Waals surface area contributed by atoms with Gasteiger partial charge in [0.2, 0.25) is 0 Å². The molecule has 0 spiro atoms. The third-order valence-electron chi connectivity index (χ3n) is 3.15. The van der Waals surface area contributed by atoms with Gasteiger partial charge in [0.05, 0.1) is 11.3 Å². The first kappa shape index (κ1) is 14.6. The van der Waals surface area contributed by atoms with Crippen LogP contribution in [-0.4, -0.2) is 18.1 Å². The van der Waals surface area contributed by atoms with Crippen LogP contribution in [0.1, 0.15) is 21.5 Å². The molecule has 2 rings (SSSR count). The Morgan fingerprint density at radius 1 is 1.20 bits per heavy atom. The number of halogens is 1. The van der Waals surface area contributed by atoms with Crippen LogP contribution in [0.4, 0.5) is 5.69 Å². The number of hydrogen-bond donors (Lipinski definition) is 1. The van der Waals surface area contributed by atoms with Crippen molar-refractivity contribution in [3.63, 3.8) is 0 Å². The molecule has 0 fully saturated rings. The lowest BCUT2D eigenvalue weighted by Crippen LogP contribution is -2.17. The molecule has 104 valence electrons. The Hall–Kier alpha value is -1.81. The minimum atomic E-state index is -0.918. The fraction of sp³-hybridized carbons (Fsp3) is 0.188. The maximum atomic E-state index is 10.9. The SMILES string of the molecule is Cc1ccc(CN(C)c2ccc(C(=O)O)cc2Br)cc1. The first-order chi connectivity index (χ1) is 9.47. The second-order valence-electron chi connectivity index (χ2n) is 4.81. The second-order valence-corrected chi connectivity index (χ2v) is 5.67. The molecule has 0 heterocycles. The summed E-state index contributed by atoms with van der Waals surface area (Å²) in [6.45, 7) is 2.83. The van der Waals surface area contributed by atoms with Crippen LogP contribution in [-0.2, 0) is 6.54 Å². The lowest BCUT2D eigenvalue weighted by Gasteiger charge is -2.21. The number of aryl methyl sites for hydroxylation is 1. The summed E-state index contributed by atoms with van der Waals surface area (Å²) >= 11 is 3.44. The molecule has 1 N–H and O–H groups in total. The molecule has 0 radical (unpaired) electrons. The number of hydrogen-bond acceptors (Lipinski definition) is 2. The van der Waals surface area contributed by atoms with Crippen LogP contribution in [0.15, 0.2) is 46.9 Å². The van der Waals surface area contributed by atoms with E-state index in [-0.39, 0.29) is 5.56 Å². The molecule has 20 heavy (non-hydrogen) atoms. The van der Waals surface area contributed by atoms with Crippen molar-refractivity contribution in [3.05, 3.63) is 63.6 Å². The van der Waals surface area contributed by atoms with Crippen molar-refractivity contribution >= 4 is 27.6 Å². The summed E-state index contributed by atoms with van der Waals surface area (Å²) in [7, 11) is 1.99.